The Labute approximate surface area is 136 Å². The number of hydrogen-bond donors (Lipinski definition) is 3. The normalized spacial score (nSPS) is 15.1. The van der Waals surface area contributed by atoms with Crippen molar-refractivity contribution >= 4 is 23.9 Å². The van der Waals surface area contributed by atoms with Gasteiger partial charge in [0.1, 0.15) is 16.5 Å². The Balaban J connectivity index is 1.93. The molecule has 3 heterocycles. The Bertz CT molecular complexity index is 866. The highest BCUT2D eigenvalue weighted by Crippen LogP contribution is 2.20. The van der Waals surface area contributed by atoms with Gasteiger partial charge in [-0.2, -0.15) is 14.6 Å². The fraction of sp³-hybridized carbons (Fsp3) is 0.308. The maximum absolute atomic E-state index is 10.7. The van der Waals surface area contributed by atoms with E-state index in [0.717, 1.165) is 0 Å². The predicted molar refractivity (Wildman–Crippen MR) is 86.6 cm³/mol. The van der Waals surface area contributed by atoms with Crippen molar-refractivity contribution in [1.82, 2.24) is 14.6 Å². The first kappa shape index (κ1) is 15.5. The summed E-state index contributed by atoms with van der Waals surface area (Å²) < 4.78 is 6.70. The van der Waals surface area contributed by atoms with Crippen LogP contribution in [0.4, 0.5) is 17.8 Å². The molecule has 0 aliphatic carbocycles. The van der Waals surface area contributed by atoms with Gasteiger partial charge in [0.05, 0.1) is 6.07 Å². The average Bonchev–Trinajstić information content (AvgIpc) is 3.15. The van der Waals surface area contributed by atoms with Crippen LogP contribution in [-0.4, -0.2) is 32.7 Å². The summed E-state index contributed by atoms with van der Waals surface area (Å²) in [7, 11) is 0. The van der Waals surface area contributed by atoms with Gasteiger partial charge in [-0.25, -0.2) is 4.99 Å². The van der Waals surface area contributed by atoms with Crippen LogP contribution in [0.25, 0.3) is 6.08 Å². The predicted octanol–water partition coefficient (Wildman–Crippen LogP) is 1.10. The SMILES string of the molecule is CCN=c1nc(NCC)nc2n1N/C(=C\c1ccc([N+](=O)[O-])o1)N2. The van der Waals surface area contributed by atoms with Gasteiger partial charge in [-0.05, 0) is 19.9 Å². The number of furan rings is 1. The lowest BCUT2D eigenvalue weighted by Gasteiger charge is -2.05. The minimum Gasteiger partial charge on any atom is -0.401 e. The lowest BCUT2D eigenvalue weighted by atomic mass is 10.4. The Morgan fingerprint density at radius 2 is 2.29 bits per heavy atom. The first-order valence-corrected chi connectivity index (χ1v) is 7.36. The molecular formula is C13H16N8O3. The van der Waals surface area contributed by atoms with Crippen molar-refractivity contribution in [2.24, 2.45) is 4.99 Å². The molecule has 11 heteroatoms. The molecule has 2 aromatic heterocycles. The average molecular weight is 332 g/mol. The maximum Gasteiger partial charge on any atom is 0.433 e. The highest BCUT2D eigenvalue weighted by atomic mass is 16.6. The molecule has 0 fully saturated rings. The van der Waals surface area contributed by atoms with E-state index in [1.165, 1.54) is 12.1 Å². The molecule has 0 bridgehead atoms. The molecule has 11 nitrogen and oxygen atoms in total. The summed E-state index contributed by atoms with van der Waals surface area (Å²) in [6.45, 7) is 5.10. The van der Waals surface area contributed by atoms with Gasteiger partial charge in [0.15, 0.2) is 0 Å². The van der Waals surface area contributed by atoms with Crippen molar-refractivity contribution in [2.75, 3.05) is 29.1 Å². The molecule has 0 radical (unpaired) electrons. The van der Waals surface area contributed by atoms with Gasteiger partial charge in [-0.1, -0.05) is 0 Å². The Morgan fingerprint density at radius 3 is 2.96 bits per heavy atom. The molecule has 2 aromatic rings. The van der Waals surface area contributed by atoms with E-state index in [9.17, 15) is 10.1 Å². The highest BCUT2D eigenvalue weighted by molar-refractivity contribution is 5.59. The lowest BCUT2D eigenvalue weighted by molar-refractivity contribution is -0.402. The zero-order chi connectivity index (χ0) is 17.1. The molecule has 0 aromatic carbocycles. The van der Waals surface area contributed by atoms with Gasteiger partial charge in [0.25, 0.3) is 5.62 Å². The molecule has 0 atom stereocenters. The van der Waals surface area contributed by atoms with E-state index in [2.05, 4.69) is 31.0 Å². The summed E-state index contributed by atoms with van der Waals surface area (Å²) in [6.07, 6.45) is 1.59. The van der Waals surface area contributed by atoms with Gasteiger partial charge in [-0.15, -0.1) is 0 Å². The van der Waals surface area contributed by atoms with Gasteiger partial charge >= 0.3 is 5.88 Å². The first-order valence-electron chi connectivity index (χ1n) is 7.36. The number of nitrogens with zero attached hydrogens (tertiary/aromatic N) is 5. The summed E-state index contributed by atoms with van der Waals surface area (Å²) in [5.41, 5.74) is 3.49. The lowest BCUT2D eigenvalue weighted by Crippen LogP contribution is -2.29. The zero-order valence-electron chi connectivity index (χ0n) is 13.1. The van der Waals surface area contributed by atoms with Crippen molar-refractivity contribution < 1.29 is 9.34 Å². The Kier molecular flexibility index (Phi) is 4.14. The van der Waals surface area contributed by atoms with E-state index < -0.39 is 4.92 Å². The number of anilines is 2. The molecule has 0 spiro atoms. The fourth-order valence-electron chi connectivity index (χ4n) is 2.08. The van der Waals surface area contributed by atoms with Crippen LogP contribution < -0.4 is 21.7 Å². The van der Waals surface area contributed by atoms with E-state index >= 15 is 0 Å². The summed E-state index contributed by atoms with van der Waals surface area (Å²) >= 11 is 0. The Morgan fingerprint density at radius 1 is 1.46 bits per heavy atom. The minimum absolute atomic E-state index is 0.319. The summed E-state index contributed by atoms with van der Waals surface area (Å²) in [6, 6.07) is 2.80. The summed E-state index contributed by atoms with van der Waals surface area (Å²) in [4.78, 5) is 23.1. The third kappa shape index (κ3) is 3.04. The van der Waals surface area contributed by atoms with Crippen molar-refractivity contribution in [3.05, 3.63) is 39.4 Å². The van der Waals surface area contributed by atoms with Crippen molar-refractivity contribution in [1.29, 1.82) is 0 Å². The molecule has 1 aliphatic heterocycles. The minimum atomic E-state index is -0.590. The van der Waals surface area contributed by atoms with Gasteiger partial charge in [0, 0.05) is 19.2 Å². The van der Waals surface area contributed by atoms with Crippen LogP contribution in [0.1, 0.15) is 19.6 Å². The van der Waals surface area contributed by atoms with Crippen molar-refractivity contribution in [3.8, 4) is 0 Å². The van der Waals surface area contributed by atoms with Crippen LogP contribution in [-0.2, 0) is 0 Å². The fourth-order valence-corrected chi connectivity index (χ4v) is 2.08. The molecule has 3 N–H and O–H groups in total. The smallest absolute Gasteiger partial charge is 0.401 e. The second-order valence-corrected chi connectivity index (χ2v) is 4.74. The van der Waals surface area contributed by atoms with E-state index in [1.54, 1.807) is 10.8 Å². The van der Waals surface area contributed by atoms with E-state index in [-0.39, 0.29) is 5.88 Å². The largest absolute Gasteiger partial charge is 0.433 e. The highest BCUT2D eigenvalue weighted by Gasteiger charge is 2.19. The first-order chi connectivity index (χ1) is 11.6. The number of fused-ring (bicyclic) bond motifs is 1. The van der Waals surface area contributed by atoms with Crippen molar-refractivity contribution in [3.63, 3.8) is 0 Å². The quantitative estimate of drug-likeness (QED) is 0.547. The van der Waals surface area contributed by atoms with E-state index in [1.807, 2.05) is 13.8 Å². The molecule has 24 heavy (non-hydrogen) atoms. The number of rotatable bonds is 5. The summed E-state index contributed by atoms with van der Waals surface area (Å²) in [5, 5.41) is 16.8. The third-order valence-electron chi connectivity index (χ3n) is 3.02. The van der Waals surface area contributed by atoms with Crippen LogP contribution in [0.2, 0.25) is 0 Å². The zero-order valence-corrected chi connectivity index (χ0v) is 13.1. The van der Waals surface area contributed by atoms with Crippen LogP contribution >= 0.6 is 0 Å². The molecule has 126 valence electrons. The van der Waals surface area contributed by atoms with Crippen LogP contribution in [0.15, 0.2) is 27.4 Å². The monoisotopic (exact) mass is 332 g/mol. The Hall–Kier alpha value is -3.37. The van der Waals surface area contributed by atoms with Crippen LogP contribution in [0.3, 0.4) is 0 Å². The number of aromatic nitrogens is 3. The van der Waals surface area contributed by atoms with Crippen molar-refractivity contribution in [2.45, 2.75) is 13.8 Å². The second kappa shape index (κ2) is 6.40. The van der Waals surface area contributed by atoms with Crippen LogP contribution in [0.5, 0.6) is 0 Å². The topological polar surface area (TPSA) is 135 Å². The maximum atomic E-state index is 10.7. The number of nitro groups is 1. The van der Waals surface area contributed by atoms with E-state index in [0.29, 0.717) is 42.2 Å². The molecule has 0 amide bonds. The van der Waals surface area contributed by atoms with Gasteiger partial charge < -0.3 is 15.1 Å². The molecule has 0 saturated carbocycles. The molecule has 3 rings (SSSR count). The summed E-state index contributed by atoms with van der Waals surface area (Å²) in [5.74, 6) is 1.51. The van der Waals surface area contributed by atoms with Gasteiger partial charge in [0.2, 0.25) is 11.9 Å². The van der Waals surface area contributed by atoms with E-state index in [4.69, 9.17) is 4.42 Å². The number of hydrogen-bond acceptors (Lipinski definition) is 9. The molecule has 1 aliphatic rings. The third-order valence-corrected chi connectivity index (χ3v) is 3.02. The second-order valence-electron chi connectivity index (χ2n) is 4.74. The molecule has 0 unspecified atom stereocenters. The van der Waals surface area contributed by atoms with Crippen LogP contribution in [0, 0.1) is 10.1 Å². The molecule has 0 saturated heterocycles. The molecular weight excluding hydrogens is 316 g/mol. The van der Waals surface area contributed by atoms with Gasteiger partial charge in [-0.3, -0.25) is 15.5 Å². The number of nitrogens with one attached hydrogen (secondary N) is 3. The standard InChI is InChI=1S/C13H16N8O3/c1-3-14-11-17-12(15-4-2)20-13(18-11)16-9(19-20)7-8-5-6-10(24-8)21(22)23/h5-7,19H,3-4H2,1-2H3,(H2,14,15,16,17,18)/b9-7-.